The Hall–Kier alpha value is -3.05. The van der Waals surface area contributed by atoms with E-state index in [4.69, 9.17) is 9.47 Å². The Bertz CT molecular complexity index is 1050. The number of nitrogens with zero attached hydrogens (tertiary/aromatic N) is 3. The zero-order valence-corrected chi connectivity index (χ0v) is 21.5. The zero-order valence-electron chi connectivity index (χ0n) is 21.5. The lowest BCUT2D eigenvalue weighted by atomic mass is 9.76. The normalized spacial score (nSPS) is 20.9. The molecular weight excluding hydrogens is 501 g/mol. The van der Waals surface area contributed by atoms with E-state index >= 15 is 0 Å². The Balaban J connectivity index is 1.63. The Labute approximate surface area is 220 Å². The number of rotatable bonds is 9. The molecule has 1 aromatic rings. The molecular formula is C25H33BF2N4O6. The van der Waals surface area contributed by atoms with Crippen molar-refractivity contribution in [1.29, 1.82) is 5.26 Å². The predicted octanol–water partition coefficient (Wildman–Crippen LogP) is 1.13. The molecule has 2 aliphatic rings. The number of alkyl carbamates (subject to hydrolysis) is 1. The van der Waals surface area contributed by atoms with Crippen molar-refractivity contribution < 1.29 is 37.9 Å². The van der Waals surface area contributed by atoms with Crippen LogP contribution in [0.5, 0.6) is 0 Å². The van der Waals surface area contributed by atoms with Crippen molar-refractivity contribution in [3.8, 4) is 6.07 Å². The molecule has 2 atom stereocenters. The maximum absolute atomic E-state index is 13.7. The lowest BCUT2D eigenvalue weighted by Crippen LogP contribution is -2.53. The molecule has 0 saturated carbocycles. The third-order valence-electron chi connectivity index (χ3n) is 6.69. The van der Waals surface area contributed by atoms with Gasteiger partial charge >= 0.3 is 13.2 Å². The van der Waals surface area contributed by atoms with E-state index in [9.17, 15) is 33.7 Å². The Kier molecular flexibility index (Phi) is 9.84. The third kappa shape index (κ3) is 7.98. The number of hydrogen-bond donors (Lipinski definition) is 3. The molecule has 38 heavy (non-hydrogen) atoms. The average molecular weight is 534 g/mol. The average Bonchev–Trinajstić information content (AvgIpc) is 3.26. The van der Waals surface area contributed by atoms with E-state index in [2.05, 4.69) is 5.32 Å². The summed E-state index contributed by atoms with van der Waals surface area (Å²) in [4.78, 5) is 28.6. The van der Waals surface area contributed by atoms with Gasteiger partial charge in [-0.3, -0.25) is 9.69 Å². The molecule has 1 aromatic carbocycles. The second kappa shape index (κ2) is 12.7. The molecule has 2 heterocycles. The van der Waals surface area contributed by atoms with Crippen LogP contribution in [0.3, 0.4) is 0 Å². The number of ether oxygens (including phenoxy) is 2. The maximum Gasteiger partial charge on any atom is 0.475 e. The standard InChI is InChI=1S/C25H33BF2N4O6/c1-24(2,31-9-8-25(27,28)17-31)13-19(14-29)22(33)32-10-11-37-15-20(32)16-38-23(34)30-21(26(35)36)12-18-6-4-3-5-7-18/h3-7,13,20-21,35-36H,8-12,15-17H2,1-2H3,(H,30,34)/t20?,21-/m0/s1. The molecule has 0 aliphatic carbocycles. The van der Waals surface area contributed by atoms with Crippen LogP contribution in [0, 0.1) is 11.3 Å². The van der Waals surface area contributed by atoms with Crippen LogP contribution < -0.4 is 5.32 Å². The van der Waals surface area contributed by atoms with E-state index in [-0.39, 0.29) is 51.3 Å². The maximum atomic E-state index is 13.7. The molecule has 2 aliphatic heterocycles. The summed E-state index contributed by atoms with van der Waals surface area (Å²) in [6, 6.07) is 10.1. The van der Waals surface area contributed by atoms with E-state index in [0.29, 0.717) is 0 Å². The fraction of sp³-hybridized carbons (Fsp3) is 0.560. The zero-order chi connectivity index (χ0) is 27.9. The first-order chi connectivity index (χ1) is 17.9. The molecule has 3 rings (SSSR count). The number of amides is 2. The Morgan fingerprint density at radius 3 is 2.66 bits per heavy atom. The molecule has 206 valence electrons. The Morgan fingerprint density at radius 2 is 2.05 bits per heavy atom. The van der Waals surface area contributed by atoms with Gasteiger partial charge in [-0.1, -0.05) is 30.3 Å². The minimum atomic E-state index is -2.82. The number of benzene rings is 1. The van der Waals surface area contributed by atoms with Gasteiger partial charge in [0.25, 0.3) is 11.8 Å². The number of likely N-dealkylation sites (tertiary alicyclic amines) is 1. The lowest BCUT2D eigenvalue weighted by Gasteiger charge is -2.36. The fourth-order valence-corrected chi connectivity index (χ4v) is 4.49. The minimum absolute atomic E-state index is 0.0511. The summed E-state index contributed by atoms with van der Waals surface area (Å²) in [5, 5.41) is 31.5. The van der Waals surface area contributed by atoms with Gasteiger partial charge in [-0.2, -0.15) is 5.26 Å². The summed E-state index contributed by atoms with van der Waals surface area (Å²) in [6.07, 6.45) is 0.349. The van der Waals surface area contributed by atoms with Crippen LogP contribution in [0.2, 0.25) is 0 Å². The number of carbonyl (C=O) groups is 2. The number of morpholine rings is 1. The monoisotopic (exact) mass is 534 g/mol. The summed E-state index contributed by atoms with van der Waals surface area (Å²) >= 11 is 0. The van der Waals surface area contributed by atoms with Crippen LogP contribution in [-0.4, -0.2) is 102 Å². The van der Waals surface area contributed by atoms with Crippen LogP contribution in [0.4, 0.5) is 13.6 Å². The van der Waals surface area contributed by atoms with Crippen LogP contribution >= 0.6 is 0 Å². The molecule has 2 saturated heterocycles. The molecule has 10 nitrogen and oxygen atoms in total. The van der Waals surface area contributed by atoms with E-state index in [1.165, 1.54) is 15.9 Å². The van der Waals surface area contributed by atoms with E-state index in [1.807, 2.05) is 12.1 Å². The molecule has 0 aromatic heterocycles. The van der Waals surface area contributed by atoms with Gasteiger partial charge in [0.2, 0.25) is 0 Å². The summed E-state index contributed by atoms with van der Waals surface area (Å²) < 4.78 is 38.2. The molecule has 3 N–H and O–H groups in total. The Morgan fingerprint density at radius 1 is 1.34 bits per heavy atom. The molecule has 2 amide bonds. The van der Waals surface area contributed by atoms with Crippen molar-refractivity contribution in [1.82, 2.24) is 15.1 Å². The molecule has 0 radical (unpaired) electrons. The van der Waals surface area contributed by atoms with Gasteiger partial charge in [-0.15, -0.1) is 0 Å². The SMILES string of the molecule is CC(C)(C=C(C#N)C(=O)N1CCOCC1COC(=O)N[C@@H](Cc1ccccc1)B(O)O)N1CCC(F)(F)C1. The van der Waals surface area contributed by atoms with Gasteiger partial charge in [0.15, 0.2) is 0 Å². The summed E-state index contributed by atoms with van der Waals surface area (Å²) in [6.45, 7) is 3.16. The van der Waals surface area contributed by atoms with Crippen molar-refractivity contribution in [3.63, 3.8) is 0 Å². The van der Waals surface area contributed by atoms with Crippen LogP contribution in [0.25, 0.3) is 0 Å². The molecule has 0 spiro atoms. The highest BCUT2D eigenvalue weighted by Gasteiger charge is 2.43. The lowest BCUT2D eigenvalue weighted by molar-refractivity contribution is -0.137. The number of alkyl halides is 2. The minimum Gasteiger partial charge on any atom is -0.447 e. The third-order valence-corrected chi connectivity index (χ3v) is 6.69. The second-order valence-electron chi connectivity index (χ2n) is 10.0. The highest BCUT2D eigenvalue weighted by Crippen LogP contribution is 2.33. The van der Waals surface area contributed by atoms with E-state index < -0.39 is 49.1 Å². The van der Waals surface area contributed by atoms with Gasteiger partial charge in [0, 0.05) is 25.0 Å². The highest BCUT2D eigenvalue weighted by atomic mass is 19.3. The first-order valence-corrected chi connectivity index (χ1v) is 12.4. The van der Waals surface area contributed by atoms with Gasteiger partial charge < -0.3 is 29.7 Å². The van der Waals surface area contributed by atoms with Crippen molar-refractivity contribution in [2.75, 3.05) is 39.5 Å². The largest absolute Gasteiger partial charge is 0.475 e. The number of nitriles is 1. The van der Waals surface area contributed by atoms with Crippen molar-refractivity contribution in [3.05, 3.63) is 47.5 Å². The molecule has 13 heteroatoms. The first-order valence-electron chi connectivity index (χ1n) is 12.4. The summed E-state index contributed by atoms with van der Waals surface area (Å²) in [5.41, 5.74) is -0.384. The highest BCUT2D eigenvalue weighted by molar-refractivity contribution is 6.43. The smallest absolute Gasteiger partial charge is 0.447 e. The van der Waals surface area contributed by atoms with Gasteiger partial charge in [0.1, 0.15) is 18.2 Å². The molecule has 2 fully saturated rings. The van der Waals surface area contributed by atoms with E-state index in [0.717, 1.165) is 5.56 Å². The van der Waals surface area contributed by atoms with Crippen molar-refractivity contribution >= 4 is 19.1 Å². The fourth-order valence-electron chi connectivity index (χ4n) is 4.49. The summed E-state index contributed by atoms with van der Waals surface area (Å²) in [5.74, 6) is -4.46. The van der Waals surface area contributed by atoms with E-state index in [1.54, 1.807) is 38.1 Å². The topological polar surface area (TPSA) is 135 Å². The van der Waals surface area contributed by atoms with Crippen LogP contribution in [0.15, 0.2) is 42.0 Å². The number of halogens is 2. The number of hydrogen-bond acceptors (Lipinski definition) is 8. The van der Waals surface area contributed by atoms with Gasteiger partial charge in [-0.25, -0.2) is 13.6 Å². The predicted molar refractivity (Wildman–Crippen MR) is 134 cm³/mol. The number of carbonyl (C=O) groups excluding carboxylic acids is 2. The van der Waals surface area contributed by atoms with Crippen molar-refractivity contribution in [2.45, 2.75) is 50.1 Å². The van der Waals surface area contributed by atoms with Gasteiger partial charge in [-0.05, 0) is 31.9 Å². The molecule has 1 unspecified atom stereocenters. The van der Waals surface area contributed by atoms with Gasteiger partial charge in [0.05, 0.1) is 31.7 Å². The first kappa shape index (κ1) is 29.5. The number of nitrogens with one attached hydrogen (secondary N) is 1. The van der Waals surface area contributed by atoms with Crippen LogP contribution in [0.1, 0.15) is 25.8 Å². The second-order valence-corrected chi connectivity index (χ2v) is 10.0. The quantitative estimate of drug-likeness (QED) is 0.244. The van der Waals surface area contributed by atoms with Crippen molar-refractivity contribution in [2.24, 2.45) is 0 Å². The summed E-state index contributed by atoms with van der Waals surface area (Å²) in [7, 11) is -1.83. The molecule has 0 bridgehead atoms. The van der Waals surface area contributed by atoms with Crippen LogP contribution in [-0.2, 0) is 20.7 Å².